The topological polar surface area (TPSA) is 81.9 Å². The number of aryl methyl sites for hydroxylation is 2. The van der Waals surface area contributed by atoms with Gasteiger partial charge in [-0.3, -0.25) is 14.5 Å². The van der Waals surface area contributed by atoms with Crippen LogP contribution in [-0.4, -0.2) is 24.6 Å². The van der Waals surface area contributed by atoms with Crippen LogP contribution in [0.3, 0.4) is 0 Å². The molecule has 5 rings (SSSR count). The average Bonchev–Trinajstić information content (AvgIpc) is 3.33. The number of rotatable bonds is 6. The van der Waals surface area contributed by atoms with Crippen molar-refractivity contribution in [2.24, 2.45) is 0 Å². The van der Waals surface area contributed by atoms with Crippen molar-refractivity contribution in [2.75, 3.05) is 18.6 Å². The summed E-state index contributed by atoms with van der Waals surface area (Å²) in [7, 11) is 1.50. The molecule has 0 spiro atoms. The van der Waals surface area contributed by atoms with Gasteiger partial charge in [0.1, 0.15) is 18.0 Å². The van der Waals surface area contributed by atoms with E-state index in [9.17, 15) is 14.0 Å². The number of halogens is 1. The molecular formula is C26H21FN2O5S. The summed E-state index contributed by atoms with van der Waals surface area (Å²) < 4.78 is 31.0. The quantitative estimate of drug-likeness (QED) is 0.339. The second kappa shape index (κ2) is 8.66. The lowest BCUT2D eigenvalue weighted by Gasteiger charge is -2.23. The van der Waals surface area contributed by atoms with Gasteiger partial charge in [-0.2, -0.15) is 0 Å². The molecular weight excluding hydrogens is 471 g/mol. The van der Waals surface area contributed by atoms with Crippen molar-refractivity contribution >= 4 is 33.3 Å². The van der Waals surface area contributed by atoms with Crippen LogP contribution in [0.4, 0.5) is 9.52 Å². The summed E-state index contributed by atoms with van der Waals surface area (Å²) in [6.07, 6.45) is 1.61. The number of fused-ring (bicyclic) bond motifs is 2. The summed E-state index contributed by atoms with van der Waals surface area (Å²) in [5.41, 5.74) is 1.16. The molecule has 0 aliphatic carbocycles. The maximum atomic E-state index is 14.0. The highest BCUT2D eigenvalue weighted by atomic mass is 32.1. The minimum absolute atomic E-state index is 0.0628. The van der Waals surface area contributed by atoms with Crippen LogP contribution >= 0.6 is 11.3 Å². The van der Waals surface area contributed by atoms with Gasteiger partial charge in [0.25, 0.3) is 5.91 Å². The lowest BCUT2D eigenvalue weighted by molar-refractivity contribution is 0.0971. The fourth-order valence-corrected chi connectivity index (χ4v) is 5.08. The predicted octanol–water partition coefficient (Wildman–Crippen LogP) is 5.33. The van der Waals surface area contributed by atoms with Crippen LogP contribution in [0.1, 0.15) is 38.3 Å². The van der Waals surface area contributed by atoms with Gasteiger partial charge in [0.15, 0.2) is 22.1 Å². The van der Waals surface area contributed by atoms with E-state index >= 15 is 0 Å². The highest BCUT2D eigenvalue weighted by Gasteiger charge is 2.45. The normalized spacial score (nSPS) is 14.9. The average molecular weight is 493 g/mol. The standard InChI is InChI=1S/C26H21FN2O5S/c1-5-10-33-19-8-6-15(11-20(19)32-4)22-21-23(30)17-12-16(27)7-9-18(17)34-24(21)25(31)29(22)26-28-13(2)14(3)35-26/h5-9,11-12,22H,1,10H2,2-4H3. The van der Waals surface area contributed by atoms with Crippen LogP contribution in [-0.2, 0) is 0 Å². The third kappa shape index (κ3) is 3.68. The molecule has 178 valence electrons. The summed E-state index contributed by atoms with van der Waals surface area (Å²) in [6, 6.07) is 7.98. The Balaban J connectivity index is 1.77. The van der Waals surface area contributed by atoms with E-state index in [0.29, 0.717) is 22.2 Å². The molecule has 7 nitrogen and oxygen atoms in total. The zero-order valence-electron chi connectivity index (χ0n) is 19.3. The highest BCUT2D eigenvalue weighted by Crippen LogP contribution is 2.44. The molecule has 1 unspecified atom stereocenters. The van der Waals surface area contributed by atoms with Crippen molar-refractivity contribution in [3.8, 4) is 11.5 Å². The first-order valence-corrected chi connectivity index (χ1v) is 11.6. The number of hydrogen-bond acceptors (Lipinski definition) is 7. The smallest absolute Gasteiger partial charge is 0.297 e. The van der Waals surface area contributed by atoms with Crippen molar-refractivity contribution < 1.29 is 23.1 Å². The molecule has 1 amide bonds. The van der Waals surface area contributed by atoms with Crippen LogP contribution in [0, 0.1) is 19.7 Å². The maximum absolute atomic E-state index is 14.0. The molecule has 0 saturated carbocycles. The van der Waals surface area contributed by atoms with Crippen molar-refractivity contribution in [3.63, 3.8) is 0 Å². The van der Waals surface area contributed by atoms with Gasteiger partial charge in [0, 0.05) is 4.88 Å². The number of anilines is 1. The van der Waals surface area contributed by atoms with Gasteiger partial charge >= 0.3 is 0 Å². The summed E-state index contributed by atoms with van der Waals surface area (Å²) in [6.45, 7) is 7.70. The van der Waals surface area contributed by atoms with Crippen molar-refractivity contribution in [2.45, 2.75) is 19.9 Å². The minimum Gasteiger partial charge on any atom is -0.493 e. The lowest BCUT2D eigenvalue weighted by atomic mass is 9.98. The zero-order chi connectivity index (χ0) is 24.9. The number of carbonyl (C=O) groups excluding carboxylic acids is 1. The molecule has 35 heavy (non-hydrogen) atoms. The van der Waals surface area contributed by atoms with Gasteiger partial charge in [0.2, 0.25) is 5.76 Å². The van der Waals surface area contributed by atoms with E-state index in [0.717, 1.165) is 16.6 Å². The fraction of sp³-hybridized carbons (Fsp3) is 0.192. The van der Waals surface area contributed by atoms with Crippen LogP contribution in [0.15, 0.2) is 58.3 Å². The molecule has 1 aliphatic heterocycles. The first kappa shape index (κ1) is 22.8. The van der Waals surface area contributed by atoms with Crippen LogP contribution < -0.4 is 19.8 Å². The van der Waals surface area contributed by atoms with E-state index < -0.39 is 23.2 Å². The molecule has 1 aliphatic rings. The van der Waals surface area contributed by atoms with E-state index in [1.807, 2.05) is 13.8 Å². The number of nitrogens with zero attached hydrogens (tertiary/aromatic N) is 2. The third-order valence-electron chi connectivity index (χ3n) is 5.92. The molecule has 0 bridgehead atoms. The predicted molar refractivity (Wildman–Crippen MR) is 131 cm³/mol. The Bertz CT molecular complexity index is 1540. The molecule has 4 aromatic rings. The number of hydrogen-bond donors (Lipinski definition) is 0. The number of aromatic nitrogens is 1. The van der Waals surface area contributed by atoms with E-state index in [2.05, 4.69) is 11.6 Å². The molecule has 2 aromatic carbocycles. The Hall–Kier alpha value is -3.98. The van der Waals surface area contributed by atoms with Crippen molar-refractivity contribution in [1.29, 1.82) is 0 Å². The summed E-state index contributed by atoms with van der Waals surface area (Å²) >= 11 is 1.34. The van der Waals surface area contributed by atoms with E-state index in [-0.39, 0.29) is 28.9 Å². The first-order chi connectivity index (χ1) is 16.8. The number of carbonyl (C=O) groups is 1. The minimum atomic E-state index is -0.853. The van der Waals surface area contributed by atoms with Gasteiger partial charge in [-0.1, -0.05) is 18.7 Å². The number of benzene rings is 2. The third-order valence-corrected chi connectivity index (χ3v) is 6.99. The number of amides is 1. The van der Waals surface area contributed by atoms with Crippen molar-refractivity contribution in [3.05, 3.63) is 92.6 Å². The van der Waals surface area contributed by atoms with Crippen LogP contribution in [0.2, 0.25) is 0 Å². The van der Waals surface area contributed by atoms with Crippen LogP contribution in [0.25, 0.3) is 11.0 Å². The van der Waals surface area contributed by atoms with Gasteiger partial charge in [-0.05, 0) is 49.7 Å². The van der Waals surface area contributed by atoms with Gasteiger partial charge in [0.05, 0.1) is 29.8 Å². The molecule has 9 heteroatoms. The Morgan fingerprint density at radius 2 is 2.00 bits per heavy atom. The fourth-order valence-electron chi connectivity index (χ4n) is 4.14. The second-order valence-corrected chi connectivity index (χ2v) is 9.22. The molecule has 0 N–H and O–H groups in total. The molecule has 0 fully saturated rings. The molecule has 3 heterocycles. The SMILES string of the molecule is C=CCOc1ccc(C2c3c(oc4ccc(F)cc4c3=O)C(=O)N2c2nc(C)c(C)s2)cc1OC. The van der Waals surface area contributed by atoms with Gasteiger partial charge in [-0.25, -0.2) is 9.37 Å². The summed E-state index contributed by atoms with van der Waals surface area (Å²) in [5, 5.41) is 0.495. The van der Waals surface area contributed by atoms with E-state index in [4.69, 9.17) is 13.9 Å². The number of thiazole rings is 1. The Morgan fingerprint density at radius 3 is 2.69 bits per heavy atom. The second-order valence-electron chi connectivity index (χ2n) is 8.04. The number of ether oxygens (including phenoxy) is 2. The highest BCUT2D eigenvalue weighted by molar-refractivity contribution is 7.15. The molecule has 0 radical (unpaired) electrons. The van der Waals surface area contributed by atoms with Crippen LogP contribution in [0.5, 0.6) is 11.5 Å². The van der Waals surface area contributed by atoms with E-state index in [1.165, 1.54) is 35.5 Å². The maximum Gasteiger partial charge on any atom is 0.297 e. The van der Waals surface area contributed by atoms with E-state index in [1.54, 1.807) is 24.3 Å². The largest absolute Gasteiger partial charge is 0.493 e. The van der Waals surface area contributed by atoms with Gasteiger partial charge in [-0.15, -0.1) is 11.3 Å². The Labute approximate surface area is 204 Å². The molecule has 2 aromatic heterocycles. The summed E-state index contributed by atoms with van der Waals surface area (Å²) in [5.74, 6) is -0.239. The molecule has 1 atom stereocenters. The lowest BCUT2D eigenvalue weighted by Crippen LogP contribution is -2.29. The first-order valence-electron chi connectivity index (χ1n) is 10.8. The zero-order valence-corrected chi connectivity index (χ0v) is 20.1. The Kier molecular flexibility index (Phi) is 5.64. The number of methoxy groups -OCH3 is 1. The Morgan fingerprint density at radius 1 is 1.20 bits per heavy atom. The molecule has 0 saturated heterocycles. The van der Waals surface area contributed by atoms with Gasteiger partial charge < -0.3 is 13.9 Å². The monoisotopic (exact) mass is 492 g/mol. The summed E-state index contributed by atoms with van der Waals surface area (Å²) in [4.78, 5) is 34.2. The van der Waals surface area contributed by atoms with Crippen molar-refractivity contribution in [1.82, 2.24) is 4.98 Å².